The maximum absolute atomic E-state index is 10.7. The molecule has 0 fully saturated rings. The molecule has 0 atom stereocenters. The van der Waals surface area contributed by atoms with E-state index in [0.29, 0.717) is 0 Å². The highest BCUT2D eigenvalue weighted by molar-refractivity contribution is 5.53. The zero-order valence-electron chi connectivity index (χ0n) is 9.18. The fourth-order valence-corrected chi connectivity index (χ4v) is 1.93. The molecule has 0 N–H and O–H groups in total. The van der Waals surface area contributed by atoms with Gasteiger partial charge < -0.3 is 4.57 Å². The Hall–Kier alpha value is -2.10. The van der Waals surface area contributed by atoms with Gasteiger partial charge in [-0.3, -0.25) is 10.1 Å². The molecule has 0 amide bonds. The van der Waals surface area contributed by atoms with Crippen LogP contribution in [0.3, 0.4) is 0 Å². The maximum Gasteiger partial charge on any atom is 0.270 e. The summed E-state index contributed by atoms with van der Waals surface area (Å²) < 4.78 is 1.97. The highest BCUT2D eigenvalue weighted by atomic mass is 16.6. The first-order chi connectivity index (χ1) is 7.59. The third-order valence-corrected chi connectivity index (χ3v) is 2.55. The maximum atomic E-state index is 10.7. The van der Waals surface area contributed by atoms with Gasteiger partial charge in [0, 0.05) is 24.5 Å². The van der Waals surface area contributed by atoms with Gasteiger partial charge in [-0.2, -0.15) is 0 Å². The van der Waals surface area contributed by atoms with E-state index in [-0.39, 0.29) is 10.6 Å². The average Bonchev–Trinajstić information content (AvgIpc) is 2.69. The van der Waals surface area contributed by atoms with Crippen molar-refractivity contribution in [2.75, 3.05) is 0 Å². The molecule has 16 heavy (non-hydrogen) atoms. The smallest absolute Gasteiger partial charge is 0.270 e. The molecule has 0 bridgehead atoms. The third-order valence-electron chi connectivity index (χ3n) is 2.55. The molecular weight excluding hydrogens is 204 g/mol. The van der Waals surface area contributed by atoms with Crippen LogP contribution in [0.5, 0.6) is 0 Å². The van der Waals surface area contributed by atoms with Crippen LogP contribution in [0.4, 0.5) is 5.69 Å². The number of aromatic nitrogens is 1. The summed E-state index contributed by atoms with van der Waals surface area (Å²) in [6.45, 7) is 3.77. The average molecular weight is 216 g/mol. The molecule has 0 saturated carbocycles. The molecule has 2 rings (SSSR count). The van der Waals surface area contributed by atoms with Gasteiger partial charge >= 0.3 is 0 Å². The molecule has 1 heterocycles. The van der Waals surface area contributed by atoms with Gasteiger partial charge in [-0.25, -0.2) is 0 Å². The first-order valence-corrected chi connectivity index (χ1v) is 4.98. The lowest BCUT2D eigenvalue weighted by molar-refractivity contribution is -0.384. The number of aryl methyl sites for hydroxylation is 2. The van der Waals surface area contributed by atoms with E-state index in [9.17, 15) is 10.1 Å². The van der Waals surface area contributed by atoms with Gasteiger partial charge in [0.2, 0.25) is 0 Å². The molecule has 0 unspecified atom stereocenters. The van der Waals surface area contributed by atoms with Crippen molar-refractivity contribution in [1.29, 1.82) is 0 Å². The second-order valence-corrected chi connectivity index (χ2v) is 3.78. The van der Waals surface area contributed by atoms with Crippen LogP contribution < -0.4 is 0 Å². The molecule has 0 aliphatic carbocycles. The number of benzene rings is 1. The number of nitrogens with zero attached hydrogens (tertiary/aromatic N) is 2. The van der Waals surface area contributed by atoms with Crippen LogP contribution in [0.15, 0.2) is 36.7 Å². The van der Waals surface area contributed by atoms with E-state index in [4.69, 9.17) is 0 Å². The first kappa shape index (κ1) is 10.4. The summed E-state index contributed by atoms with van der Waals surface area (Å²) in [7, 11) is 0. The first-order valence-electron chi connectivity index (χ1n) is 4.98. The van der Waals surface area contributed by atoms with Crippen molar-refractivity contribution in [2.45, 2.75) is 13.8 Å². The Morgan fingerprint density at radius 2 is 1.62 bits per heavy atom. The van der Waals surface area contributed by atoms with Gasteiger partial charge in [0.05, 0.1) is 10.6 Å². The van der Waals surface area contributed by atoms with Crippen LogP contribution >= 0.6 is 0 Å². The third kappa shape index (κ3) is 1.69. The van der Waals surface area contributed by atoms with Crippen molar-refractivity contribution in [2.24, 2.45) is 0 Å². The molecule has 0 aliphatic heterocycles. The van der Waals surface area contributed by atoms with E-state index in [1.54, 1.807) is 12.1 Å². The minimum atomic E-state index is -0.362. The summed E-state index contributed by atoms with van der Waals surface area (Å²) in [6.07, 6.45) is 3.86. The zero-order valence-corrected chi connectivity index (χ0v) is 9.18. The van der Waals surface area contributed by atoms with Crippen molar-refractivity contribution in [1.82, 2.24) is 4.57 Å². The van der Waals surface area contributed by atoms with E-state index in [2.05, 4.69) is 0 Å². The largest absolute Gasteiger partial charge is 0.323 e. The standard InChI is InChI=1S/C12H12N2O2/c1-9-7-11(14(15)16)8-10(2)12(9)13-5-3-4-6-13/h3-8H,1-2H3. The number of rotatable bonds is 2. The Kier molecular flexibility index (Phi) is 2.48. The van der Waals surface area contributed by atoms with E-state index >= 15 is 0 Å². The SMILES string of the molecule is Cc1cc([N+](=O)[O-])cc(C)c1-n1cccc1. The van der Waals surface area contributed by atoms with Crippen LogP contribution in [0.25, 0.3) is 5.69 Å². The lowest BCUT2D eigenvalue weighted by Gasteiger charge is -2.10. The Morgan fingerprint density at radius 3 is 2.06 bits per heavy atom. The van der Waals surface area contributed by atoms with E-state index in [0.717, 1.165) is 16.8 Å². The number of nitro groups is 1. The number of nitro benzene ring substituents is 1. The fraction of sp³-hybridized carbons (Fsp3) is 0.167. The highest BCUT2D eigenvalue weighted by Crippen LogP contribution is 2.24. The van der Waals surface area contributed by atoms with Crippen molar-refractivity contribution >= 4 is 5.69 Å². The Labute approximate surface area is 93.3 Å². The van der Waals surface area contributed by atoms with Crippen molar-refractivity contribution in [3.63, 3.8) is 0 Å². The van der Waals surface area contributed by atoms with Crippen molar-refractivity contribution in [3.05, 3.63) is 57.9 Å². The Morgan fingerprint density at radius 1 is 1.12 bits per heavy atom. The molecule has 2 aromatic rings. The quantitative estimate of drug-likeness (QED) is 0.572. The van der Waals surface area contributed by atoms with Crippen LogP contribution in [0, 0.1) is 24.0 Å². The number of hydrogen-bond acceptors (Lipinski definition) is 2. The minimum absolute atomic E-state index is 0.144. The van der Waals surface area contributed by atoms with Crippen LogP contribution in [-0.4, -0.2) is 9.49 Å². The lowest BCUT2D eigenvalue weighted by atomic mass is 10.1. The molecular formula is C12H12N2O2. The van der Waals surface area contributed by atoms with Gasteiger partial charge in [-0.05, 0) is 37.1 Å². The van der Waals surface area contributed by atoms with Crippen LogP contribution in [-0.2, 0) is 0 Å². The molecule has 0 saturated heterocycles. The molecule has 0 radical (unpaired) electrons. The molecule has 1 aromatic carbocycles. The molecule has 0 spiro atoms. The predicted octanol–water partition coefficient (Wildman–Crippen LogP) is 3.00. The van der Waals surface area contributed by atoms with E-state index in [1.807, 2.05) is 42.9 Å². The monoisotopic (exact) mass is 216 g/mol. The van der Waals surface area contributed by atoms with Gasteiger partial charge in [0.1, 0.15) is 0 Å². The highest BCUT2D eigenvalue weighted by Gasteiger charge is 2.12. The summed E-state index contributed by atoms with van der Waals surface area (Å²) in [5, 5.41) is 10.7. The van der Waals surface area contributed by atoms with Gasteiger partial charge in [0.15, 0.2) is 0 Å². The molecule has 4 heteroatoms. The molecule has 4 nitrogen and oxygen atoms in total. The minimum Gasteiger partial charge on any atom is -0.323 e. The van der Waals surface area contributed by atoms with Gasteiger partial charge in [0.25, 0.3) is 5.69 Å². The topological polar surface area (TPSA) is 48.1 Å². The van der Waals surface area contributed by atoms with Gasteiger partial charge in [-0.15, -0.1) is 0 Å². The van der Waals surface area contributed by atoms with Crippen LogP contribution in [0.2, 0.25) is 0 Å². The molecule has 1 aromatic heterocycles. The summed E-state index contributed by atoms with van der Waals surface area (Å²) in [6, 6.07) is 7.06. The molecule has 0 aliphatic rings. The van der Waals surface area contributed by atoms with Crippen molar-refractivity contribution in [3.8, 4) is 5.69 Å². The Bertz CT molecular complexity index is 507. The second-order valence-electron chi connectivity index (χ2n) is 3.78. The summed E-state index contributed by atoms with van der Waals surface area (Å²) in [5.74, 6) is 0. The fourth-order valence-electron chi connectivity index (χ4n) is 1.93. The second kappa shape index (κ2) is 3.81. The van der Waals surface area contributed by atoms with Crippen LogP contribution in [0.1, 0.15) is 11.1 Å². The van der Waals surface area contributed by atoms with E-state index < -0.39 is 0 Å². The lowest BCUT2D eigenvalue weighted by Crippen LogP contribution is -1.99. The Balaban J connectivity index is 2.61. The van der Waals surface area contributed by atoms with Crippen molar-refractivity contribution < 1.29 is 4.92 Å². The summed E-state index contributed by atoms with van der Waals surface area (Å²) in [4.78, 5) is 10.3. The summed E-state index contributed by atoms with van der Waals surface area (Å²) in [5.41, 5.74) is 2.97. The number of non-ortho nitro benzene ring substituents is 1. The van der Waals surface area contributed by atoms with Gasteiger partial charge in [-0.1, -0.05) is 0 Å². The predicted molar refractivity (Wildman–Crippen MR) is 61.9 cm³/mol. The van der Waals surface area contributed by atoms with E-state index in [1.165, 1.54) is 0 Å². The number of hydrogen-bond donors (Lipinski definition) is 0. The normalized spacial score (nSPS) is 10.4. The molecule has 82 valence electrons. The zero-order chi connectivity index (χ0) is 11.7. The summed E-state index contributed by atoms with van der Waals surface area (Å²) >= 11 is 0.